The van der Waals surface area contributed by atoms with Crippen LogP contribution in [0.3, 0.4) is 0 Å². The molecule has 1 atom stereocenters. The summed E-state index contributed by atoms with van der Waals surface area (Å²) in [6, 6.07) is 2.27. The summed E-state index contributed by atoms with van der Waals surface area (Å²) in [7, 11) is -4.69. The van der Waals surface area contributed by atoms with Gasteiger partial charge >= 0.3 is 10.2 Å². The smallest absolute Gasteiger partial charge is 0.302 e. The van der Waals surface area contributed by atoms with Gasteiger partial charge in [0.15, 0.2) is 0 Å². The molecule has 1 heterocycles. The van der Waals surface area contributed by atoms with Crippen LogP contribution in [-0.4, -0.2) is 26.6 Å². The number of rotatable bonds is 3. The number of carbonyl (C=O) groups is 1. The minimum Gasteiger partial charge on any atom is -0.308 e. The highest BCUT2D eigenvalue weighted by Crippen LogP contribution is 2.36. The van der Waals surface area contributed by atoms with Gasteiger partial charge in [0.05, 0.1) is 16.5 Å². The molecule has 1 aliphatic heterocycles. The van der Waals surface area contributed by atoms with Crippen LogP contribution in [0.15, 0.2) is 12.1 Å². The van der Waals surface area contributed by atoms with Crippen LogP contribution in [-0.2, 0) is 15.0 Å². The van der Waals surface area contributed by atoms with Crippen LogP contribution < -0.4 is 4.90 Å². The molecule has 0 spiro atoms. The van der Waals surface area contributed by atoms with Crippen molar-refractivity contribution in [2.45, 2.75) is 6.42 Å². The number of amides is 1. The average Bonchev–Trinajstić information content (AvgIpc) is 2.55. The van der Waals surface area contributed by atoms with E-state index < -0.39 is 33.6 Å². The topological polar surface area (TPSA) is 54.5 Å². The minimum absolute atomic E-state index is 0.0629. The molecule has 4 nitrogen and oxygen atoms in total. The van der Waals surface area contributed by atoms with E-state index in [1.54, 1.807) is 0 Å². The van der Waals surface area contributed by atoms with Gasteiger partial charge in [-0.3, -0.25) is 4.79 Å². The number of carbonyl (C=O) groups excluding carboxylic acids is 1. The van der Waals surface area contributed by atoms with Crippen molar-refractivity contribution in [2.75, 3.05) is 17.2 Å². The largest absolute Gasteiger partial charge is 0.308 e. The van der Waals surface area contributed by atoms with E-state index in [4.69, 9.17) is 23.2 Å². The molecule has 1 aromatic carbocycles. The van der Waals surface area contributed by atoms with Gasteiger partial charge in [0.1, 0.15) is 5.82 Å². The maximum atomic E-state index is 13.8. The lowest BCUT2D eigenvalue weighted by Gasteiger charge is -2.19. The van der Waals surface area contributed by atoms with E-state index in [2.05, 4.69) is 0 Å². The van der Waals surface area contributed by atoms with Crippen molar-refractivity contribution in [1.29, 1.82) is 0 Å². The van der Waals surface area contributed by atoms with E-state index in [1.807, 2.05) is 0 Å². The molecule has 2 rings (SSSR count). The first-order chi connectivity index (χ1) is 9.17. The molecule has 9 heteroatoms. The zero-order valence-corrected chi connectivity index (χ0v) is 12.3. The van der Waals surface area contributed by atoms with Crippen molar-refractivity contribution in [2.24, 2.45) is 5.92 Å². The summed E-state index contributed by atoms with van der Waals surface area (Å²) < 4.78 is 47.7. The van der Waals surface area contributed by atoms with Crippen LogP contribution in [0.4, 0.5) is 14.0 Å². The third-order valence-corrected chi connectivity index (χ3v) is 4.27. The molecule has 0 bridgehead atoms. The van der Waals surface area contributed by atoms with E-state index in [0.29, 0.717) is 0 Å². The van der Waals surface area contributed by atoms with E-state index in [9.17, 15) is 21.5 Å². The fraction of sp³-hybridized carbons (Fsp3) is 0.364. The number of anilines is 1. The Morgan fingerprint density at radius 3 is 2.55 bits per heavy atom. The highest BCUT2D eigenvalue weighted by molar-refractivity contribution is 7.86. The Morgan fingerprint density at radius 2 is 2.00 bits per heavy atom. The Kier molecular flexibility index (Phi) is 4.22. The summed E-state index contributed by atoms with van der Waals surface area (Å²) in [5.74, 6) is -2.81. The Hall–Kier alpha value is -0.920. The fourth-order valence-electron chi connectivity index (χ4n) is 2.18. The second kappa shape index (κ2) is 5.46. The van der Waals surface area contributed by atoms with E-state index >= 15 is 0 Å². The summed E-state index contributed by atoms with van der Waals surface area (Å²) in [6.45, 7) is -0.111. The number of benzene rings is 1. The molecule has 0 aliphatic carbocycles. The first kappa shape index (κ1) is 15.5. The summed E-state index contributed by atoms with van der Waals surface area (Å²) in [5, 5.41) is 0.0119. The maximum absolute atomic E-state index is 13.8. The first-order valence-electron chi connectivity index (χ1n) is 5.54. The number of nitrogens with zero attached hydrogens (tertiary/aromatic N) is 1. The van der Waals surface area contributed by atoms with Crippen LogP contribution in [0.1, 0.15) is 6.42 Å². The van der Waals surface area contributed by atoms with Gasteiger partial charge in [0.2, 0.25) is 5.91 Å². The minimum atomic E-state index is -4.69. The van der Waals surface area contributed by atoms with Crippen molar-refractivity contribution in [3.05, 3.63) is 28.0 Å². The maximum Gasteiger partial charge on any atom is 0.302 e. The highest BCUT2D eigenvalue weighted by atomic mass is 35.5. The standard InChI is InChI=1S/C11H9Cl2F2NO3S/c12-7-2-8(13)11(9(14)3-7)16-4-6(1-10(16)17)5-20(15,18)19/h2-3,6H,1,4-5H2. The van der Waals surface area contributed by atoms with Gasteiger partial charge in [-0.15, -0.1) is 3.89 Å². The summed E-state index contributed by atoms with van der Waals surface area (Å²) >= 11 is 11.5. The second-order valence-electron chi connectivity index (χ2n) is 4.50. The van der Waals surface area contributed by atoms with Gasteiger partial charge in [-0.1, -0.05) is 23.2 Å². The normalized spacial score (nSPS) is 19.7. The van der Waals surface area contributed by atoms with E-state index in [0.717, 1.165) is 11.0 Å². The number of hydrogen-bond donors (Lipinski definition) is 0. The summed E-state index contributed by atoms with van der Waals surface area (Å²) in [4.78, 5) is 12.8. The molecule has 0 aromatic heterocycles. The predicted octanol–water partition coefficient (Wildman–Crippen LogP) is 2.78. The lowest BCUT2D eigenvalue weighted by molar-refractivity contribution is -0.117. The zero-order chi connectivity index (χ0) is 15.1. The monoisotopic (exact) mass is 343 g/mol. The molecule has 20 heavy (non-hydrogen) atoms. The first-order valence-corrected chi connectivity index (χ1v) is 7.85. The Bertz CT molecular complexity index is 643. The third-order valence-electron chi connectivity index (χ3n) is 2.89. The van der Waals surface area contributed by atoms with Gasteiger partial charge in [-0.05, 0) is 12.1 Å². The lowest BCUT2D eigenvalue weighted by atomic mass is 10.1. The lowest BCUT2D eigenvalue weighted by Crippen LogP contribution is -2.26. The Morgan fingerprint density at radius 1 is 1.35 bits per heavy atom. The predicted molar refractivity (Wildman–Crippen MR) is 71.8 cm³/mol. The van der Waals surface area contributed by atoms with Crippen molar-refractivity contribution in [3.63, 3.8) is 0 Å². The molecular weight excluding hydrogens is 335 g/mol. The highest BCUT2D eigenvalue weighted by Gasteiger charge is 2.35. The van der Waals surface area contributed by atoms with Gasteiger partial charge in [-0.2, -0.15) is 8.42 Å². The second-order valence-corrected chi connectivity index (χ2v) is 6.75. The van der Waals surface area contributed by atoms with Crippen LogP contribution in [0, 0.1) is 11.7 Å². The Labute approximate surface area is 124 Å². The number of hydrogen-bond acceptors (Lipinski definition) is 3. The SMILES string of the molecule is O=C1CC(CS(=O)(=O)F)CN1c1c(F)cc(Cl)cc1Cl. The van der Waals surface area contributed by atoms with Crippen LogP contribution in [0.25, 0.3) is 0 Å². The van der Waals surface area contributed by atoms with Gasteiger partial charge in [-0.25, -0.2) is 4.39 Å². The third kappa shape index (κ3) is 3.39. The molecule has 1 saturated heterocycles. The number of halogens is 4. The molecule has 0 saturated carbocycles. The van der Waals surface area contributed by atoms with Crippen LogP contribution in [0.2, 0.25) is 10.0 Å². The molecule has 1 fully saturated rings. The molecule has 0 radical (unpaired) electrons. The quantitative estimate of drug-likeness (QED) is 0.793. The van der Waals surface area contributed by atoms with E-state index in [-0.39, 0.29) is 28.7 Å². The van der Waals surface area contributed by atoms with E-state index in [1.165, 1.54) is 6.07 Å². The van der Waals surface area contributed by atoms with Gasteiger partial charge < -0.3 is 4.90 Å². The molecule has 1 amide bonds. The molecule has 1 aliphatic rings. The van der Waals surface area contributed by atoms with Crippen LogP contribution >= 0.6 is 23.2 Å². The van der Waals surface area contributed by atoms with Crippen molar-refractivity contribution in [3.8, 4) is 0 Å². The molecular formula is C11H9Cl2F2NO3S. The Balaban J connectivity index is 2.29. The summed E-state index contributed by atoms with van der Waals surface area (Å²) in [6.07, 6.45) is -0.179. The van der Waals surface area contributed by atoms with Gasteiger partial charge in [0, 0.05) is 23.9 Å². The van der Waals surface area contributed by atoms with Crippen molar-refractivity contribution < 1.29 is 21.5 Å². The summed E-state index contributed by atoms with van der Waals surface area (Å²) in [5.41, 5.74) is -0.167. The molecule has 110 valence electrons. The van der Waals surface area contributed by atoms with Crippen LogP contribution in [0.5, 0.6) is 0 Å². The molecule has 1 unspecified atom stereocenters. The average molecular weight is 344 g/mol. The van der Waals surface area contributed by atoms with Crippen molar-refractivity contribution >= 4 is 45.0 Å². The van der Waals surface area contributed by atoms with Gasteiger partial charge in [0.25, 0.3) is 0 Å². The van der Waals surface area contributed by atoms with Crippen molar-refractivity contribution in [1.82, 2.24) is 0 Å². The molecule has 1 aromatic rings. The fourth-order valence-corrected chi connectivity index (χ4v) is 3.54. The zero-order valence-electron chi connectivity index (χ0n) is 9.95. The molecule has 0 N–H and O–H groups in total.